The largest absolute Gasteiger partial charge is 0.433 e. The van der Waals surface area contributed by atoms with Crippen LogP contribution in [0.2, 0.25) is 0 Å². The van der Waals surface area contributed by atoms with Gasteiger partial charge >= 0.3 is 6.72 Å². The first-order chi connectivity index (χ1) is 6.64. The first-order valence-electron chi connectivity index (χ1n) is 4.28. The summed E-state index contributed by atoms with van der Waals surface area (Å²) in [4.78, 5) is 0. The molecule has 0 fully saturated rings. The molecule has 0 amide bonds. The minimum atomic E-state index is -3.03. The maximum absolute atomic E-state index is 11.6. The Bertz CT molecular complexity index is 337. The predicted octanol–water partition coefficient (Wildman–Crippen LogP) is 4.07. The van der Waals surface area contributed by atoms with E-state index in [0.29, 0.717) is 18.3 Å². The van der Waals surface area contributed by atoms with E-state index in [1.807, 2.05) is 6.07 Å². The van der Waals surface area contributed by atoms with Crippen molar-refractivity contribution in [2.75, 3.05) is 6.16 Å². The molecule has 0 spiro atoms. The third-order valence-electron chi connectivity index (χ3n) is 1.59. The van der Waals surface area contributed by atoms with E-state index in [1.54, 1.807) is 30.3 Å². The molecule has 0 bridgehead atoms. The number of allylic oxidation sites excluding steroid dienone is 1. The van der Waals surface area contributed by atoms with Gasteiger partial charge in [-0.2, -0.15) is 0 Å². The van der Waals surface area contributed by atoms with Crippen LogP contribution in [-0.4, -0.2) is 6.16 Å². The summed E-state index contributed by atoms with van der Waals surface area (Å²) in [7, 11) is 0. The lowest BCUT2D eigenvalue weighted by Crippen LogP contribution is -1.91. The molecule has 0 N–H and O–H groups in total. The molecule has 0 saturated carbocycles. The van der Waals surface area contributed by atoms with E-state index in [-0.39, 0.29) is 0 Å². The summed E-state index contributed by atoms with van der Waals surface area (Å²) in [6.07, 6.45) is 2.57. The Kier molecular flexibility index (Phi) is 4.24. The lowest BCUT2D eigenvalue weighted by molar-refractivity contribution is 0.498. The van der Waals surface area contributed by atoms with E-state index in [9.17, 15) is 4.57 Å². The highest BCUT2D eigenvalue weighted by Crippen LogP contribution is 2.52. The van der Waals surface area contributed by atoms with Crippen molar-refractivity contribution < 1.29 is 9.09 Å². The van der Waals surface area contributed by atoms with Crippen molar-refractivity contribution in [1.82, 2.24) is 0 Å². The van der Waals surface area contributed by atoms with Crippen molar-refractivity contribution in [3.63, 3.8) is 0 Å². The Morgan fingerprint density at radius 2 is 2.07 bits per heavy atom. The highest BCUT2D eigenvalue weighted by molar-refractivity contribution is 7.85. The summed E-state index contributed by atoms with van der Waals surface area (Å²) in [6.45, 7) is 0.506. The Hall–Kier alpha value is -0.720. The Labute approximate surface area is 88.8 Å². The second-order valence-corrected chi connectivity index (χ2v) is 6.15. The van der Waals surface area contributed by atoms with Crippen LogP contribution in [0.15, 0.2) is 43.0 Å². The minimum absolute atomic E-state index is 0.312. The van der Waals surface area contributed by atoms with Crippen molar-refractivity contribution in [2.24, 2.45) is 0 Å². The molecular formula is C10H12ClO2P. The van der Waals surface area contributed by atoms with Crippen molar-refractivity contribution in [1.29, 1.82) is 0 Å². The number of halogens is 1. The normalized spacial score (nSPS) is 14.4. The second kappa shape index (κ2) is 5.23. The molecule has 0 radical (unpaired) electrons. The molecule has 76 valence electrons. The third-order valence-corrected chi connectivity index (χ3v) is 3.58. The van der Waals surface area contributed by atoms with E-state index < -0.39 is 6.72 Å². The van der Waals surface area contributed by atoms with Gasteiger partial charge in [-0.15, -0.1) is 6.58 Å². The quantitative estimate of drug-likeness (QED) is 0.563. The average molecular weight is 231 g/mol. The SMILES string of the molecule is C=CCCP(=O)(Cl)Oc1ccccc1. The van der Waals surface area contributed by atoms with Gasteiger partial charge in [-0.05, 0) is 29.8 Å². The van der Waals surface area contributed by atoms with Gasteiger partial charge in [0.25, 0.3) is 0 Å². The Balaban J connectivity index is 2.59. The number of benzene rings is 1. The molecule has 1 atom stereocenters. The van der Waals surface area contributed by atoms with Crippen molar-refractivity contribution in [3.05, 3.63) is 43.0 Å². The van der Waals surface area contributed by atoms with E-state index in [1.165, 1.54) is 0 Å². The molecule has 0 aromatic heterocycles. The van der Waals surface area contributed by atoms with Crippen LogP contribution < -0.4 is 4.52 Å². The lowest BCUT2D eigenvalue weighted by Gasteiger charge is -2.11. The zero-order chi connectivity index (χ0) is 10.4. The van der Waals surface area contributed by atoms with Crippen LogP contribution >= 0.6 is 18.0 Å². The molecule has 0 saturated heterocycles. The fourth-order valence-electron chi connectivity index (χ4n) is 0.930. The maximum atomic E-state index is 11.6. The van der Waals surface area contributed by atoms with Gasteiger partial charge < -0.3 is 4.52 Å². The van der Waals surface area contributed by atoms with Crippen molar-refractivity contribution in [2.45, 2.75) is 6.42 Å². The van der Waals surface area contributed by atoms with Crippen LogP contribution in [0, 0.1) is 0 Å². The molecule has 4 heteroatoms. The summed E-state index contributed by atoms with van der Waals surface area (Å²) in [5.41, 5.74) is 0. The molecule has 1 unspecified atom stereocenters. The molecule has 0 aliphatic heterocycles. The number of para-hydroxylation sites is 1. The highest BCUT2D eigenvalue weighted by atomic mass is 35.7. The number of rotatable bonds is 5. The number of hydrogen-bond acceptors (Lipinski definition) is 2. The topological polar surface area (TPSA) is 26.3 Å². The molecule has 1 aromatic rings. The van der Waals surface area contributed by atoms with Crippen molar-refractivity contribution >= 4 is 18.0 Å². The van der Waals surface area contributed by atoms with Gasteiger partial charge in [0.15, 0.2) is 0 Å². The molecule has 2 nitrogen and oxygen atoms in total. The summed E-state index contributed by atoms with van der Waals surface area (Å²) < 4.78 is 16.8. The maximum Gasteiger partial charge on any atom is 0.336 e. The van der Waals surface area contributed by atoms with Crippen molar-refractivity contribution in [3.8, 4) is 5.75 Å². The van der Waals surface area contributed by atoms with E-state index in [4.69, 9.17) is 15.8 Å². The van der Waals surface area contributed by atoms with E-state index >= 15 is 0 Å². The van der Waals surface area contributed by atoms with Gasteiger partial charge in [0.05, 0.1) is 6.16 Å². The van der Waals surface area contributed by atoms with E-state index in [2.05, 4.69) is 6.58 Å². The zero-order valence-electron chi connectivity index (χ0n) is 7.73. The smallest absolute Gasteiger partial charge is 0.336 e. The molecular weight excluding hydrogens is 219 g/mol. The first kappa shape index (κ1) is 11.4. The molecule has 1 aromatic carbocycles. The highest BCUT2D eigenvalue weighted by Gasteiger charge is 2.19. The van der Waals surface area contributed by atoms with Crippen LogP contribution in [-0.2, 0) is 4.57 Å². The lowest BCUT2D eigenvalue weighted by atomic mass is 10.3. The first-order valence-corrected chi connectivity index (χ1v) is 7.00. The Morgan fingerprint density at radius 3 is 2.64 bits per heavy atom. The van der Waals surface area contributed by atoms with Crippen LogP contribution in [0.5, 0.6) is 5.75 Å². The minimum Gasteiger partial charge on any atom is -0.433 e. The molecule has 14 heavy (non-hydrogen) atoms. The molecule has 0 heterocycles. The third kappa shape index (κ3) is 3.99. The average Bonchev–Trinajstić information content (AvgIpc) is 2.16. The summed E-state index contributed by atoms with van der Waals surface area (Å²) >= 11 is 5.74. The monoisotopic (exact) mass is 230 g/mol. The fraction of sp³-hybridized carbons (Fsp3) is 0.200. The second-order valence-electron chi connectivity index (χ2n) is 2.80. The molecule has 0 aliphatic rings. The van der Waals surface area contributed by atoms with Gasteiger partial charge in [0.2, 0.25) is 0 Å². The van der Waals surface area contributed by atoms with Gasteiger partial charge in [0.1, 0.15) is 5.75 Å². The predicted molar refractivity (Wildman–Crippen MR) is 60.2 cm³/mol. The van der Waals surface area contributed by atoms with E-state index in [0.717, 1.165) is 0 Å². The summed E-state index contributed by atoms with van der Waals surface area (Å²) in [5.74, 6) is 0.537. The van der Waals surface area contributed by atoms with Crippen LogP contribution in [0.3, 0.4) is 0 Å². The van der Waals surface area contributed by atoms with Crippen LogP contribution in [0.4, 0.5) is 0 Å². The van der Waals surface area contributed by atoms with Crippen LogP contribution in [0.25, 0.3) is 0 Å². The standard InChI is InChI=1S/C10H12ClO2P/c1-2-3-9-14(11,12)13-10-7-5-4-6-8-10/h2,4-8H,1,3,9H2. The van der Waals surface area contributed by atoms with Gasteiger partial charge in [-0.25, -0.2) is 0 Å². The Morgan fingerprint density at radius 1 is 1.43 bits per heavy atom. The zero-order valence-corrected chi connectivity index (χ0v) is 9.38. The molecule has 0 aliphatic carbocycles. The molecule has 1 rings (SSSR count). The fourth-order valence-corrected chi connectivity index (χ4v) is 2.48. The summed E-state index contributed by atoms with van der Waals surface area (Å²) in [5, 5.41) is 0. The summed E-state index contributed by atoms with van der Waals surface area (Å²) in [6, 6.07) is 8.92. The van der Waals surface area contributed by atoms with Gasteiger partial charge in [-0.1, -0.05) is 24.3 Å². The van der Waals surface area contributed by atoms with Gasteiger partial charge in [0, 0.05) is 0 Å². The van der Waals surface area contributed by atoms with Gasteiger partial charge in [-0.3, -0.25) is 4.57 Å². The number of hydrogen-bond donors (Lipinski definition) is 0. The van der Waals surface area contributed by atoms with Crippen LogP contribution in [0.1, 0.15) is 6.42 Å².